The van der Waals surface area contributed by atoms with Gasteiger partial charge in [-0.3, -0.25) is 9.59 Å². The topological polar surface area (TPSA) is 138 Å². The summed E-state index contributed by atoms with van der Waals surface area (Å²) in [5.41, 5.74) is 7.62. The molecule has 3 amide bonds. The predicted molar refractivity (Wildman–Crippen MR) is 182 cm³/mol. The zero-order chi connectivity index (χ0) is 33.8. The van der Waals surface area contributed by atoms with Gasteiger partial charge in [-0.15, -0.1) is 0 Å². The van der Waals surface area contributed by atoms with E-state index in [4.69, 9.17) is 45.9 Å². The molecule has 1 aliphatic rings. The average Bonchev–Trinajstić information content (AvgIpc) is 3.38. The number of aromatic amines is 1. The van der Waals surface area contributed by atoms with Gasteiger partial charge < -0.3 is 31.4 Å². The van der Waals surface area contributed by atoms with Crippen molar-refractivity contribution < 1.29 is 23.5 Å². The molecule has 3 aromatic rings. The summed E-state index contributed by atoms with van der Waals surface area (Å²) < 4.78 is 18.6. The molecule has 1 aliphatic carbocycles. The number of halogens is 3. The summed E-state index contributed by atoms with van der Waals surface area (Å²) in [5, 5.41) is 10.4. The quantitative estimate of drug-likeness (QED) is 0.145. The van der Waals surface area contributed by atoms with E-state index in [0.717, 1.165) is 16.6 Å². The summed E-state index contributed by atoms with van der Waals surface area (Å²) >= 11 is 18.2. The van der Waals surface area contributed by atoms with Gasteiger partial charge in [0.25, 0.3) is 0 Å². The molecule has 0 bridgehead atoms. The zero-order valence-corrected chi connectivity index (χ0v) is 28.6. The summed E-state index contributed by atoms with van der Waals surface area (Å²) in [6.45, 7) is 7.52. The van der Waals surface area contributed by atoms with Crippen LogP contribution in [0, 0.1) is 17.7 Å². The van der Waals surface area contributed by atoms with Gasteiger partial charge in [-0.1, -0.05) is 88.1 Å². The Bertz CT molecular complexity index is 1620. The van der Waals surface area contributed by atoms with E-state index in [1.54, 1.807) is 12.1 Å². The normalized spacial score (nSPS) is 18.5. The van der Waals surface area contributed by atoms with Gasteiger partial charge in [0.05, 0.1) is 21.6 Å². The van der Waals surface area contributed by atoms with Crippen LogP contribution < -0.4 is 21.7 Å². The minimum atomic E-state index is -1.42. The summed E-state index contributed by atoms with van der Waals surface area (Å²) in [7, 11) is 0. The van der Waals surface area contributed by atoms with Crippen molar-refractivity contribution in [1.29, 1.82) is 0 Å². The Morgan fingerprint density at radius 1 is 1.07 bits per heavy atom. The lowest BCUT2D eigenvalue weighted by molar-refractivity contribution is -0.136. The predicted octanol–water partition coefficient (Wildman–Crippen LogP) is 6.12. The monoisotopic (exact) mass is 691 g/mol. The van der Waals surface area contributed by atoms with Gasteiger partial charge in [-0.05, 0) is 60.1 Å². The lowest BCUT2D eigenvalue weighted by Gasteiger charge is -2.39. The summed E-state index contributed by atoms with van der Waals surface area (Å²) in [4.78, 5) is 44.8. The Kier molecular flexibility index (Phi) is 11.6. The molecule has 2 unspecified atom stereocenters. The Labute approximate surface area is 283 Å². The summed E-state index contributed by atoms with van der Waals surface area (Å²) in [6, 6.07) is 7.36. The number of rotatable bonds is 12. The van der Waals surface area contributed by atoms with Gasteiger partial charge in [0.15, 0.2) is 0 Å². The van der Waals surface area contributed by atoms with Crippen LogP contribution in [0.4, 0.5) is 9.18 Å². The van der Waals surface area contributed by atoms with E-state index in [9.17, 15) is 18.8 Å². The largest absolute Gasteiger partial charge is 0.445 e. The Hall–Kier alpha value is -3.41. The fourth-order valence-electron chi connectivity index (χ4n) is 5.75. The molecule has 0 saturated heterocycles. The number of carbonyl (C=O) groups is 3. The van der Waals surface area contributed by atoms with Crippen LogP contribution in [0.25, 0.3) is 10.9 Å². The first kappa shape index (κ1) is 35.4. The van der Waals surface area contributed by atoms with E-state index in [1.165, 1.54) is 24.3 Å². The van der Waals surface area contributed by atoms with Crippen LogP contribution in [-0.4, -0.2) is 45.5 Å². The minimum Gasteiger partial charge on any atom is -0.445 e. The lowest BCUT2D eigenvalue weighted by Crippen LogP contribution is -2.67. The van der Waals surface area contributed by atoms with Gasteiger partial charge in [-0.2, -0.15) is 0 Å². The highest BCUT2D eigenvalue weighted by Crippen LogP contribution is 2.38. The number of nitrogens with two attached hydrogens (primary N) is 1. The molecule has 0 radical (unpaired) electrons. The second-order valence-electron chi connectivity index (χ2n) is 12.1. The van der Waals surface area contributed by atoms with Crippen LogP contribution in [-0.2, 0) is 33.8 Å². The SMILES string of the molecule is CCC(C)[C@H](NC(=O)OCc1ccc(F)cc1)C(=O)N[C@]1(C(=O)N[C@H](C(N)=S)C(C)CC)CCc2[nH]c3c(Cl)cc(Cl)cc3c2C1. The molecule has 1 heterocycles. The molecular weight excluding hydrogens is 652 g/mol. The minimum absolute atomic E-state index is 0.0514. The third-order valence-electron chi connectivity index (χ3n) is 8.96. The van der Waals surface area contributed by atoms with Crippen LogP contribution in [0.15, 0.2) is 36.4 Å². The van der Waals surface area contributed by atoms with E-state index in [0.29, 0.717) is 40.4 Å². The first-order valence-corrected chi connectivity index (χ1v) is 16.5. The molecule has 4 rings (SSSR count). The molecular formula is C33H40Cl2FN5O4S. The number of hydrogen-bond acceptors (Lipinski definition) is 5. The van der Waals surface area contributed by atoms with Crippen molar-refractivity contribution in [2.24, 2.45) is 17.6 Å². The molecule has 0 fully saturated rings. The van der Waals surface area contributed by atoms with Gasteiger partial charge >= 0.3 is 6.09 Å². The number of alkyl carbamates (subject to hydrolysis) is 1. The lowest BCUT2D eigenvalue weighted by atomic mass is 9.78. The van der Waals surface area contributed by atoms with Crippen LogP contribution in [0.1, 0.15) is 63.8 Å². The number of benzene rings is 2. The number of carbonyl (C=O) groups excluding carboxylic acids is 3. The van der Waals surface area contributed by atoms with Gasteiger partial charge in [0.1, 0.15) is 24.0 Å². The van der Waals surface area contributed by atoms with Crippen molar-refractivity contribution in [3.05, 3.63) is 69.1 Å². The van der Waals surface area contributed by atoms with Crippen molar-refractivity contribution in [3.8, 4) is 0 Å². The second kappa shape index (κ2) is 15.0. The van der Waals surface area contributed by atoms with E-state index in [2.05, 4.69) is 20.9 Å². The highest BCUT2D eigenvalue weighted by Gasteiger charge is 2.46. The third-order valence-corrected chi connectivity index (χ3v) is 9.73. The fourth-order valence-corrected chi connectivity index (χ4v) is 6.58. The molecule has 2 aromatic carbocycles. The number of ether oxygens (including phenoxy) is 1. The van der Waals surface area contributed by atoms with Gasteiger partial charge in [0.2, 0.25) is 11.8 Å². The number of hydrogen-bond donors (Lipinski definition) is 5. The average molecular weight is 693 g/mol. The molecule has 1 aromatic heterocycles. The molecule has 9 nitrogen and oxygen atoms in total. The highest BCUT2D eigenvalue weighted by atomic mass is 35.5. The van der Waals surface area contributed by atoms with Crippen LogP contribution >= 0.6 is 35.4 Å². The molecule has 248 valence electrons. The molecule has 6 N–H and O–H groups in total. The maximum absolute atomic E-state index is 14.3. The van der Waals surface area contributed by atoms with Crippen LogP contribution in [0.5, 0.6) is 0 Å². The molecule has 46 heavy (non-hydrogen) atoms. The number of H-pyrrole nitrogens is 1. The Morgan fingerprint density at radius 2 is 1.72 bits per heavy atom. The molecule has 0 saturated carbocycles. The molecule has 13 heteroatoms. The maximum atomic E-state index is 14.3. The summed E-state index contributed by atoms with van der Waals surface area (Å²) in [5.74, 6) is -1.75. The first-order valence-electron chi connectivity index (χ1n) is 15.4. The number of thiocarbonyl (C=S) groups is 1. The van der Waals surface area contributed by atoms with Crippen molar-refractivity contribution in [2.45, 2.75) is 84.0 Å². The van der Waals surface area contributed by atoms with Crippen molar-refractivity contribution in [1.82, 2.24) is 20.9 Å². The maximum Gasteiger partial charge on any atom is 0.408 e. The second-order valence-corrected chi connectivity index (χ2v) is 13.4. The molecule has 5 atom stereocenters. The Balaban J connectivity index is 1.65. The zero-order valence-electron chi connectivity index (χ0n) is 26.3. The molecule has 0 aliphatic heterocycles. The van der Waals surface area contributed by atoms with E-state index in [-0.39, 0.29) is 36.3 Å². The van der Waals surface area contributed by atoms with Gasteiger partial charge in [-0.25, -0.2) is 9.18 Å². The smallest absolute Gasteiger partial charge is 0.408 e. The van der Waals surface area contributed by atoms with Crippen LogP contribution in [0.2, 0.25) is 10.0 Å². The third kappa shape index (κ3) is 7.93. The van der Waals surface area contributed by atoms with E-state index in [1.807, 2.05) is 27.7 Å². The number of aromatic nitrogens is 1. The fraction of sp³-hybridized carbons (Fsp3) is 0.455. The Morgan fingerprint density at radius 3 is 2.35 bits per heavy atom. The summed E-state index contributed by atoms with van der Waals surface area (Å²) in [6.07, 6.45) is 1.25. The standard InChI is InChI=1S/C33H40Cl2FN5O4S/c1-5-17(3)26(29(37)46)39-31(43)33(12-11-25-23(15-33)22-13-20(34)14-24(35)28(22)38-25)41-30(42)27(18(4)6-2)40-32(44)45-16-19-7-9-21(36)10-8-19/h7-10,13-14,17-18,26-27,38H,5-6,11-12,15-16H2,1-4H3,(H2,37,46)(H,39,43)(H,40,44)(H,41,42)/t17?,18?,26-,27-,33+/m0/s1. The highest BCUT2D eigenvalue weighted by molar-refractivity contribution is 7.80. The first-order chi connectivity index (χ1) is 21.8. The molecule has 0 spiro atoms. The number of nitrogens with one attached hydrogen (secondary N) is 4. The van der Waals surface area contributed by atoms with Crippen LogP contribution in [0.3, 0.4) is 0 Å². The van der Waals surface area contributed by atoms with Crippen molar-refractivity contribution >= 4 is 69.2 Å². The van der Waals surface area contributed by atoms with Crippen molar-refractivity contribution in [2.75, 3.05) is 0 Å². The van der Waals surface area contributed by atoms with E-state index < -0.39 is 41.3 Å². The van der Waals surface area contributed by atoms with E-state index >= 15 is 0 Å². The number of amides is 3. The van der Waals surface area contributed by atoms with Crippen molar-refractivity contribution in [3.63, 3.8) is 0 Å². The number of aryl methyl sites for hydroxylation is 1. The van der Waals surface area contributed by atoms with Gasteiger partial charge in [0, 0.05) is 22.5 Å². The number of fused-ring (bicyclic) bond motifs is 3.